The van der Waals surface area contributed by atoms with Crippen molar-refractivity contribution in [3.8, 4) is 23.8 Å². The number of allylic oxidation sites excluding steroid dienone is 1. The molecule has 0 radical (unpaired) electrons. The van der Waals surface area contributed by atoms with Crippen molar-refractivity contribution < 1.29 is 18.6 Å². The Morgan fingerprint density at radius 3 is 2.51 bits per heavy atom. The number of nitrogens with one attached hydrogen (secondary N) is 1. The van der Waals surface area contributed by atoms with Gasteiger partial charge in [0.2, 0.25) is 5.95 Å². The van der Waals surface area contributed by atoms with Crippen LogP contribution in [0.1, 0.15) is 48.3 Å². The monoisotopic (exact) mass is 505 g/mol. The summed E-state index contributed by atoms with van der Waals surface area (Å²) >= 11 is 0. The standard InChI is InChI=1S/C26H25F2N7O2/c1-13-6-15(4-3-5-29)7-14(2)22(13)37-24-21-23(32-20(12-36)35(21)25(27)28)33-26(34-24)31-19-10-18(11-30)16-8-17(19)9-16/h3-4,6-7,16-19,25,36H,8-10,12H2,1-2H3,(H,31,33,34)/b4-3+. The van der Waals surface area contributed by atoms with Crippen LogP contribution in [0.4, 0.5) is 14.7 Å². The third-order valence-electron chi connectivity index (χ3n) is 7.29. The van der Waals surface area contributed by atoms with Gasteiger partial charge in [0, 0.05) is 12.1 Å². The third kappa shape index (κ3) is 4.47. The quantitative estimate of drug-likeness (QED) is 0.428. The van der Waals surface area contributed by atoms with E-state index in [9.17, 15) is 19.1 Å². The molecule has 2 N–H and O–H groups in total. The van der Waals surface area contributed by atoms with Gasteiger partial charge in [-0.25, -0.2) is 4.98 Å². The molecule has 0 spiro atoms. The zero-order valence-electron chi connectivity index (χ0n) is 20.3. The Kier molecular flexibility index (Phi) is 6.48. The summed E-state index contributed by atoms with van der Waals surface area (Å²) in [5.74, 6) is 1.00. The van der Waals surface area contributed by atoms with Crippen molar-refractivity contribution in [2.45, 2.75) is 52.3 Å². The summed E-state index contributed by atoms with van der Waals surface area (Å²) in [5.41, 5.74) is 2.07. The van der Waals surface area contributed by atoms with Gasteiger partial charge in [0.15, 0.2) is 11.2 Å². The number of imidazole rings is 1. The number of anilines is 1. The highest BCUT2D eigenvalue weighted by Gasteiger charge is 2.46. The topological polar surface area (TPSA) is 133 Å². The van der Waals surface area contributed by atoms with Gasteiger partial charge in [-0.1, -0.05) is 0 Å². The summed E-state index contributed by atoms with van der Waals surface area (Å²) in [7, 11) is 0. The van der Waals surface area contributed by atoms with Crippen molar-refractivity contribution in [2.24, 2.45) is 17.8 Å². The highest BCUT2D eigenvalue weighted by molar-refractivity contribution is 5.79. The maximum absolute atomic E-state index is 14.1. The smallest absolute Gasteiger partial charge is 0.320 e. The van der Waals surface area contributed by atoms with Crippen molar-refractivity contribution in [1.82, 2.24) is 19.5 Å². The number of rotatable bonds is 7. The van der Waals surface area contributed by atoms with Crippen LogP contribution >= 0.6 is 0 Å². The molecule has 0 aliphatic heterocycles. The number of aromatic nitrogens is 4. The van der Waals surface area contributed by atoms with E-state index in [1.165, 1.54) is 6.08 Å². The van der Waals surface area contributed by atoms with E-state index in [2.05, 4.69) is 26.3 Å². The summed E-state index contributed by atoms with van der Waals surface area (Å²) in [6, 6.07) is 7.94. The van der Waals surface area contributed by atoms with Gasteiger partial charge in [-0.05, 0) is 79.8 Å². The van der Waals surface area contributed by atoms with Gasteiger partial charge in [-0.3, -0.25) is 4.57 Å². The van der Waals surface area contributed by atoms with Gasteiger partial charge in [0.05, 0.1) is 18.1 Å². The number of aliphatic hydroxyl groups is 1. The molecular formula is C26H25F2N7O2. The minimum Gasteiger partial charge on any atom is -0.436 e. The molecule has 6 rings (SSSR count). The number of nitrogens with zero attached hydrogens (tertiary/aromatic N) is 6. The Morgan fingerprint density at radius 1 is 1.16 bits per heavy atom. The van der Waals surface area contributed by atoms with Crippen molar-refractivity contribution >= 4 is 23.2 Å². The molecule has 0 amide bonds. The van der Waals surface area contributed by atoms with E-state index in [0.29, 0.717) is 39.7 Å². The molecule has 3 aliphatic carbocycles. The Labute approximate surface area is 212 Å². The van der Waals surface area contributed by atoms with Crippen molar-refractivity contribution in [2.75, 3.05) is 5.32 Å². The summed E-state index contributed by atoms with van der Waals surface area (Å²) < 4.78 is 34.9. The maximum atomic E-state index is 14.1. The predicted molar refractivity (Wildman–Crippen MR) is 130 cm³/mol. The first-order chi connectivity index (χ1) is 17.8. The number of fused-ring (bicyclic) bond motifs is 3. The van der Waals surface area contributed by atoms with Gasteiger partial charge in [0.25, 0.3) is 5.88 Å². The number of hydrogen-bond donors (Lipinski definition) is 2. The fraction of sp³-hybridized carbons (Fsp3) is 0.423. The Balaban J connectivity index is 1.58. The first kappa shape index (κ1) is 24.6. The molecule has 2 atom stereocenters. The maximum Gasteiger partial charge on any atom is 0.320 e. The molecule has 9 nitrogen and oxygen atoms in total. The van der Waals surface area contributed by atoms with Gasteiger partial charge >= 0.3 is 6.55 Å². The van der Waals surface area contributed by atoms with E-state index >= 15 is 0 Å². The van der Waals surface area contributed by atoms with Crippen LogP contribution in [0, 0.1) is 54.3 Å². The summed E-state index contributed by atoms with van der Waals surface area (Å²) in [6.45, 7) is -0.0927. The average molecular weight is 506 g/mol. The first-order valence-electron chi connectivity index (χ1n) is 12.0. The molecular weight excluding hydrogens is 480 g/mol. The van der Waals surface area contributed by atoms with Crippen LogP contribution in [0.2, 0.25) is 0 Å². The number of aryl methyl sites for hydroxylation is 2. The normalized spacial score (nSPS) is 22.6. The average Bonchev–Trinajstić information content (AvgIpc) is 3.23. The van der Waals surface area contributed by atoms with Crippen LogP contribution in [0.5, 0.6) is 11.6 Å². The minimum absolute atomic E-state index is 0.0240. The fourth-order valence-corrected chi connectivity index (χ4v) is 5.47. The van der Waals surface area contributed by atoms with Crippen LogP contribution in [0.25, 0.3) is 17.2 Å². The number of ether oxygens (including phenoxy) is 1. The molecule has 2 bridgehead atoms. The number of aliphatic hydroxyl groups excluding tert-OH is 1. The number of alkyl halides is 2. The van der Waals surface area contributed by atoms with Gasteiger partial charge in [-0.15, -0.1) is 0 Å². The van der Waals surface area contributed by atoms with E-state index in [0.717, 1.165) is 18.4 Å². The van der Waals surface area contributed by atoms with Crippen LogP contribution in [-0.4, -0.2) is 30.7 Å². The second-order valence-electron chi connectivity index (χ2n) is 9.62. The molecule has 11 heteroatoms. The third-order valence-corrected chi connectivity index (χ3v) is 7.29. The predicted octanol–water partition coefficient (Wildman–Crippen LogP) is 5.01. The lowest BCUT2D eigenvalue weighted by atomic mass is 9.58. The van der Waals surface area contributed by atoms with Crippen LogP contribution in [0.3, 0.4) is 0 Å². The number of halogens is 2. The lowest BCUT2D eigenvalue weighted by molar-refractivity contribution is 0.0639. The SMILES string of the molecule is Cc1cc(/C=C/C#N)cc(C)c1Oc1nc(NC2CC(C#N)C3CC2C3)nc2nc(CO)n(C(F)F)c12. The van der Waals surface area contributed by atoms with E-state index in [4.69, 9.17) is 10.00 Å². The lowest BCUT2D eigenvalue weighted by Gasteiger charge is -2.49. The van der Waals surface area contributed by atoms with Crippen LogP contribution < -0.4 is 10.1 Å². The number of hydrogen-bond acceptors (Lipinski definition) is 8. The zero-order chi connectivity index (χ0) is 26.3. The molecule has 3 fully saturated rings. The van der Waals surface area contributed by atoms with E-state index in [-0.39, 0.29) is 40.8 Å². The van der Waals surface area contributed by atoms with Gasteiger partial charge < -0.3 is 15.2 Å². The largest absolute Gasteiger partial charge is 0.436 e. The second-order valence-corrected chi connectivity index (χ2v) is 9.62. The molecule has 3 aromatic rings. The number of nitriles is 2. The van der Waals surface area contributed by atoms with Crippen molar-refractivity contribution in [3.05, 3.63) is 40.7 Å². The molecule has 0 saturated heterocycles. The van der Waals surface area contributed by atoms with E-state index < -0.39 is 13.2 Å². The first-order valence-corrected chi connectivity index (χ1v) is 12.0. The molecule has 2 unspecified atom stereocenters. The Morgan fingerprint density at radius 2 is 1.89 bits per heavy atom. The van der Waals surface area contributed by atoms with Crippen LogP contribution in [-0.2, 0) is 6.61 Å². The molecule has 37 heavy (non-hydrogen) atoms. The summed E-state index contributed by atoms with van der Waals surface area (Å²) in [4.78, 5) is 13.0. The molecule has 2 aromatic heterocycles. The highest BCUT2D eigenvalue weighted by Crippen LogP contribution is 2.49. The molecule has 2 heterocycles. The van der Waals surface area contributed by atoms with Crippen molar-refractivity contribution in [3.63, 3.8) is 0 Å². The lowest BCUT2D eigenvalue weighted by Crippen LogP contribution is -2.48. The van der Waals surface area contributed by atoms with Gasteiger partial charge in [0.1, 0.15) is 18.2 Å². The molecule has 3 saturated carbocycles. The van der Waals surface area contributed by atoms with E-state index in [1.54, 1.807) is 6.08 Å². The van der Waals surface area contributed by atoms with E-state index in [1.807, 2.05) is 32.0 Å². The Hall–Kier alpha value is -4.09. The second kappa shape index (κ2) is 9.75. The van der Waals surface area contributed by atoms with Gasteiger partial charge in [-0.2, -0.15) is 29.3 Å². The highest BCUT2D eigenvalue weighted by atomic mass is 19.3. The Bertz CT molecular complexity index is 1440. The summed E-state index contributed by atoms with van der Waals surface area (Å²) in [6.07, 6.45) is 5.61. The summed E-state index contributed by atoms with van der Waals surface area (Å²) in [5, 5.41) is 31.3. The number of benzene rings is 1. The zero-order valence-corrected chi connectivity index (χ0v) is 20.3. The van der Waals surface area contributed by atoms with Crippen molar-refractivity contribution in [1.29, 1.82) is 10.5 Å². The fourth-order valence-electron chi connectivity index (χ4n) is 5.47. The minimum atomic E-state index is -3.00. The van der Waals surface area contributed by atoms with Crippen LogP contribution in [0.15, 0.2) is 18.2 Å². The molecule has 3 aliphatic rings. The molecule has 1 aromatic carbocycles. The molecule has 190 valence electrons.